The summed E-state index contributed by atoms with van der Waals surface area (Å²) in [6.07, 6.45) is 0.657. The smallest absolute Gasteiger partial charge is 0.189 e. The van der Waals surface area contributed by atoms with Crippen molar-refractivity contribution in [1.29, 1.82) is 0 Å². The van der Waals surface area contributed by atoms with Gasteiger partial charge in [0.15, 0.2) is 11.1 Å². The van der Waals surface area contributed by atoms with E-state index in [1.54, 1.807) is 0 Å². The van der Waals surface area contributed by atoms with Crippen molar-refractivity contribution in [3.63, 3.8) is 0 Å². The third-order valence-corrected chi connectivity index (χ3v) is 4.02. The zero-order valence-corrected chi connectivity index (χ0v) is 12.0. The summed E-state index contributed by atoms with van der Waals surface area (Å²) in [5, 5.41) is 0. The molecule has 0 radical (unpaired) electrons. The normalized spacial score (nSPS) is 14.0. The van der Waals surface area contributed by atoms with Crippen LogP contribution in [0.5, 0.6) is 0 Å². The van der Waals surface area contributed by atoms with Gasteiger partial charge in [-0.25, -0.2) is 4.21 Å². The Kier molecular flexibility index (Phi) is 4.88. The number of rotatable bonds is 5. The predicted octanol–water partition coefficient (Wildman–Crippen LogP) is 4.19. The van der Waals surface area contributed by atoms with Crippen LogP contribution in [0.4, 0.5) is 0 Å². The number of hydrogen-bond donors (Lipinski definition) is 0. The Morgan fingerprint density at radius 1 is 1.05 bits per heavy atom. The van der Waals surface area contributed by atoms with Crippen LogP contribution in [0.2, 0.25) is 0 Å². The van der Waals surface area contributed by atoms with E-state index >= 15 is 0 Å². The van der Waals surface area contributed by atoms with E-state index < -0.39 is 11.1 Å². The SMILES string of the molecule is CCC(OS(=O)c1ccc(C)cc1)c1ccccc1. The topological polar surface area (TPSA) is 26.3 Å². The van der Waals surface area contributed by atoms with Crippen molar-refractivity contribution in [1.82, 2.24) is 0 Å². The molecule has 0 aliphatic carbocycles. The third-order valence-electron chi connectivity index (χ3n) is 2.96. The molecule has 0 heterocycles. The van der Waals surface area contributed by atoms with E-state index in [9.17, 15) is 4.21 Å². The Morgan fingerprint density at radius 2 is 1.68 bits per heavy atom. The van der Waals surface area contributed by atoms with Crippen LogP contribution >= 0.6 is 0 Å². The van der Waals surface area contributed by atoms with E-state index in [0.717, 1.165) is 17.5 Å². The average molecular weight is 274 g/mol. The molecule has 2 atom stereocenters. The minimum absolute atomic E-state index is 0.136. The minimum Gasteiger partial charge on any atom is -0.279 e. The molecule has 2 aromatic carbocycles. The molecule has 0 N–H and O–H groups in total. The molecule has 0 aliphatic rings. The second kappa shape index (κ2) is 6.64. The second-order valence-electron chi connectivity index (χ2n) is 4.45. The number of aryl methyl sites for hydroxylation is 1. The molecule has 0 saturated heterocycles. The molecule has 2 rings (SSSR count). The van der Waals surface area contributed by atoms with Crippen LogP contribution in [0.15, 0.2) is 59.5 Å². The lowest BCUT2D eigenvalue weighted by Gasteiger charge is -2.15. The van der Waals surface area contributed by atoms with Crippen LogP contribution in [-0.2, 0) is 15.3 Å². The zero-order chi connectivity index (χ0) is 13.7. The molecule has 0 aliphatic heterocycles. The summed E-state index contributed by atoms with van der Waals surface area (Å²) < 4.78 is 17.9. The fraction of sp³-hybridized carbons (Fsp3) is 0.250. The number of hydrogen-bond acceptors (Lipinski definition) is 2. The van der Waals surface area contributed by atoms with Crippen molar-refractivity contribution in [3.05, 3.63) is 65.7 Å². The molecule has 0 fully saturated rings. The highest BCUT2D eigenvalue weighted by molar-refractivity contribution is 7.80. The Morgan fingerprint density at radius 3 is 2.26 bits per heavy atom. The second-order valence-corrected chi connectivity index (χ2v) is 5.58. The first-order chi connectivity index (χ1) is 9.20. The van der Waals surface area contributed by atoms with E-state index in [0.29, 0.717) is 4.90 Å². The van der Waals surface area contributed by atoms with E-state index in [4.69, 9.17) is 4.18 Å². The molecule has 0 spiro atoms. The molecule has 0 amide bonds. The maximum Gasteiger partial charge on any atom is 0.189 e. The summed E-state index contributed by atoms with van der Waals surface area (Å²) >= 11 is -1.42. The molecule has 2 unspecified atom stereocenters. The van der Waals surface area contributed by atoms with Crippen molar-refractivity contribution >= 4 is 11.1 Å². The third kappa shape index (κ3) is 3.75. The maximum atomic E-state index is 12.2. The highest BCUT2D eigenvalue weighted by atomic mass is 32.2. The maximum absolute atomic E-state index is 12.2. The largest absolute Gasteiger partial charge is 0.279 e. The summed E-state index contributed by atoms with van der Waals surface area (Å²) in [7, 11) is 0. The van der Waals surface area contributed by atoms with Crippen molar-refractivity contribution in [3.8, 4) is 0 Å². The van der Waals surface area contributed by atoms with Gasteiger partial charge in [-0.1, -0.05) is 55.0 Å². The van der Waals surface area contributed by atoms with Crippen LogP contribution in [0, 0.1) is 6.92 Å². The van der Waals surface area contributed by atoms with Gasteiger partial charge in [0.1, 0.15) is 0 Å². The Labute approximate surface area is 117 Å². The van der Waals surface area contributed by atoms with E-state index in [2.05, 4.69) is 0 Å². The van der Waals surface area contributed by atoms with Gasteiger partial charge in [-0.2, -0.15) is 0 Å². The van der Waals surface area contributed by atoms with E-state index in [1.807, 2.05) is 68.4 Å². The summed E-state index contributed by atoms with van der Waals surface area (Å²) in [5.41, 5.74) is 2.21. The zero-order valence-electron chi connectivity index (χ0n) is 11.2. The fourth-order valence-corrected chi connectivity index (χ4v) is 2.77. The number of benzene rings is 2. The molecule has 2 aromatic rings. The van der Waals surface area contributed by atoms with Gasteiger partial charge >= 0.3 is 0 Å². The van der Waals surface area contributed by atoms with Gasteiger partial charge in [0.25, 0.3) is 0 Å². The van der Waals surface area contributed by atoms with Crippen LogP contribution in [0.25, 0.3) is 0 Å². The first kappa shape index (κ1) is 14.0. The molecule has 19 heavy (non-hydrogen) atoms. The van der Waals surface area contributed by atoms with Crippen molar-refractivity contribution in [2.45, 2.75) is 31.3 Å². The summed E-state index contributed by atoms with van der Waals surface area (Å²) in [6, 6.07) is 17.5. The molecular formula is C16H18O2S. The van der Waals surface area contributed by atoms with Crippen LogP contribution < -0.4 is 0 Å². The summed E-state index contributed by atoms with van der Waals surface area (Å²) in [6.45, 7) is 4.04. The Balaban J connectivity index is 2.10. The lowest BCUT2D eigenvalue weighted by molar-refractivity contribution is 0.226. The summed E-state index contributed by atoms with van der Waals surface area (Å²) in [4.78, 5) is 0.708. The van der Waals surface area contributed by atoms with Crippen LogP contribution in [-0.4, -0.2) is 4.21 Å². The van der Waals surface area contributed by atoms with Crippen LogP contribution in [0.1, 0.15) is 30.6 Å². The van der Waals surface area contributed by atoms with Crippen molar-refractivity contribution < 1.29 is 8.39 Å². The van der Waals surface area contributed by atoms with Gasteiger partial charge in [-0.05, 0) is 31.0 Å². The standard InChI is InChI=1S/C16H18O2S/c1-3-16(14-7-5-4-6-8-14)18-19(17)15-11-9-13(2)10-12-15/h4-12,16H,3H2,1-2H3. The van der Waals surface area contributed by atoms with E-state index in [1.165, 1.54) is 0 Å². The lowest BCUT2D eigenvalue weighted by atomic mass is 10.1. The Bertz CT molecular complexity index is 534. The first-order valence-corrected chi connectivity index (χ1v) is 7.48. The van der Waals surface area contributed by atoms with E-state index in [-0.39, 0.29) is 6.10 Å². The molecule has 0 saturated carbocycles. The lowest BCUT2D eigenvalue weighted by Crippen LogP contribution is -2.06. The van der Waals surface area contributed by atoms with Gasteiger partial charge < -0.3 is 0 Å². The highest BCUT2D eigenvalue weighted by Gasteiger charge is 2.14. The quantitative estimate of drug-likeness (QED) is 0.817. The summed E-state index contributed by atoms with van der Waals surface area (Å²) in [5.74, 6) is 0. The van der Waals surface area contributed by atoms with Gasteiger partial charge in [0, 0.05) is 0 Å². The van der Waals surface area contributed by atoms with Gasteiger partial charge in [0.05, 0.1) is 11.0 Å². The van der Waals surface area contributed by atoms with Crippen molar-refractivity contribution in [2.75, 3.05) is 0 Å². The first-order valence-electron chi connectivity index (χ1n) is 6.41. The fourth-order valence-electron chi connectivity index (χ4n) is 1.84. The molecule has 0 aromatic heterocycles. The molecule has 100 valence electrons. The predicted molar refractivity (Wildman–Crippen MR) is 78.1 cm³/mol. The molecular weight excluding hydrogens is 256 g/mol. The monoisotopic (exact) mass is 274 g/mol. The average Bonchev–Trinajstić information content (AvgIpc) is 2.46. The molecule has 0 bridgehead atoms. The van der Waals surface area contributed by atoms with Crippen LogP contribution in [0.3, 0.4) is 0 Å². The molecule has 3 heteroatoms. The molecule has 2 nitrogen and oxygen atoms in total. The Hall–Kier alpha value is -1.45. The van der Waals surface area contributed by atoms with Gasteiger partial charge in [-0.15, -0.1) is 0 Å². The van der Waals surface area contributed by atoms with Gasteiger partial charge in [0.2, 0.25) is 0 Å². The van der Waals surface area contributed by atoms with Crippen molar-refractivity contribution in [2.24, 2.45) is 0 Å². The minimum atomic E-state index is -1.42. The highest BCUT2D eigenvalue weighted by Crippen LogP contribution is 2.24. The van der Waals surface area contributed by atoms with Gasteiger partial charge in [-0.3, -0.25) is 4.18 Å².